The number of anilines is 2. The predicted molar refractivity (Wildman–Crippen MR) is 80.5 cm³/mol. The van der Waals surface area contributed by atoms with Gasteiger partial charge >= 0.3 is 11.6 Å². The molecule has 10 nitrogen and oxygen atoms in total. The third kappa shape index (κ3) is 3.61. The first kappa shape index (κ1) is 15.9. The van der Waals surface area contributed by atoms with Crippen LogP contribution in [0.4, 0.5) is 17.1 Å². The van der Waals surface area contributed by atoms with Gasteiger partial charge in [-0.3, -0.25) is 24.8 Å². The Bertz CT molecular complexity index is 753. The summed E-state index contributed by atoms with van der Waals surface area (Å²) in [6.07, 6.45) is 0. The molecule has 2 amide bonds. The van der Waals surface area contributed by atoms with Crippen LogP contribution in [0, 0.1) is 10.1 Å². The van der Waals surface area contributed by atoms with Gasteiger partial charge in [-0.1, -0.05) is 0 Å². The van der Waals surface area contributed by atoms with Gasteiger partial charge in [0, 0.05) is 18.3 Å². The molecule has 0 fully saturated rings. The van der Waals surface area contributed by atoms with Gasteiger partial charge in [0.2, 0.25) is 11.6 Å². The zero-order valence-corrected chi connectivity index (χ0v) is 12.2. The quantitative estimate of drug-likeness (QED) is 0.564. The molecule has 0 aliphatic rings. The second kappa shape index (κ2) is 6.56. The van der Waals surface area contributed by atoms with E-state index < -0.39 is 16.5 Å². The first-order valence-electron chi connectivity index (χ1n) is 6.38. The largest absolute Gasteiger partial charge is 0.475 e. The smallest absolute Gasteiger partial charge is 0.362 e. The van der Waals surface area contributed by atoms with Crippen LogP contribution in [0.3, 0.4) is 0 Å². The highest BCUT2D eigenvalue weighted by Crippen LogP contribution is 2.28. The maximum absolute atomic E-state index is 12.1. The fourth-order valence-corrected chi connectivity index (χ4v) is 1.82. The molecule has 0 saturated heterocycles. The molecule has 1 heterocycles. The van der Waals surface area contributed by atoms with Crippen molar-refractivity contribution in [3.05, 3.63) is 40.1 Å². The number of amides is 2. The number of methoxy groups -OCH3 is 1. The second-order valence-electron chi connectivity index (χ2n) is 4.43. The number of hydrogen-bond donors (Lipinski definition) is 3. The summed E-state index contributed by atoms with van der Waals surface area (Å²) in [6, 6.07) is 6.25. The van der Waals surface area contributed by atoms with Crippen LogP contribution in [0.15, 0.2) is 24.3 Å². The fourth-order valence-electron chi connectivity index (χ4n) is 1.82. The van der Waals surface area contributed by atoms with Crippen LogP contribution in [-0.2, 0) is 4.79 Å². The number of hydrogen-bond acceptors (Lipinski definition) is 6. The van der Waals surface area contributed by atoms with Crippen LogP contribution in [0.5, 0.6) is 5.88 Å². The van der Waals surface area contributed by atoms with E-state index in [-0.39, 0.29) is 17.5 Å². The number of nitro groups is 1. The molecule has 120 valence electrons. The van der Waals surface area contributed by atoms with E-state index >= 15 is 0 Å². The molecule has 0 spiro atoms. The molecule has 1 aromatic carbocycles. The Kier molecular flexibility index (Phi) is 4.55. The molecule has 0 aliphatic heterocycles. The molecule has 10 heteroatoms. The summed E-state index contributed by atoms with van der Waals surface area (Å²) in [4.78, 5) is 33.3. The Labute approximate surface area is 130 Å². The lowest BCUT2D eigenvalue weighted by Gasteiger charge is -2.05. The molecule has 1 aromatic heterocycles. The monoisotopic (exact) mass is 319 g/mol. The summed E-state index contributed by atoms with van der Waals surface area (Å²) in [5, 5.41) is 21.9. The maximum Gasteiger partial charge on any atom is 0.362 e. The van der Waals surface area contributed by atoms with E-state index in [1.807, 2.05) is 0 Å². The number of H-pyrrole nitrogens is 1. The molecule has 23 heavy (non-hydrogen) atoms. The molecule has 0 unspecified atom stereocenters. The van der Waals surface area contributed by atoms with Crippen LogP contribution in [0.2, 0.25) is 0 Å². The molecule has 0 atom stereocenters. The van der Waals surface area contributed by atoms with Gasteiger partial charge in [0.1, 0.15) is 0 Å². The topological polar surface area (TPSA) is 139 Å². The van der Waals surface area contributed by atoms with Gasteiger partial charge in [-0.05, 0) is 24.3 Å². The number of rotatable bonds is 5. The molecular formula is C13H13N5O5. The fraction of sp³-hybridized carbons (Fsp3) is 0.154. The minimum atomic E-state index is -0.753. The van der Waals surface area contributed by atoms with E-state index in [9.17, 15) is 19.7 Å². The Morgan fingerprint density at radius 1 is 1.22 bits per heavy atom. The summed E-state index contributed by atoms with van der Waals surface area (Å²) < 4.78 is 4.74. The lowest BCUT2D eigenvalue weighted by Crippen LogP contribution is -2.14. The van der Waals surface area contributed by atoms with E-state index in [2.05, 4.69) is 20.8 Å². The van der Waals surface area contributed by atoms with Crippen molar-refractivity contribution < 1.29 is 19.2 Å². The van der Waals surface area contributed by atoms with Crippen molar-refractivity contribution in [1.29, 1.82) is 0 Å². The molecule has 2 rings (SSSR count). The number of nitrogens with one attached hydrogen (secondary N) is 3. The van der Waals surface area contributed by atoms with E-state index in [1.54, 1.807) is 24.3 Å². The van der Waals surface area contributed by atoms with E-state index in [4.69, 9.17) is 4.74 Å². The van der Waals surface area contributed by atoms with Gasteiger partial charge in [0.25, 0.3) is 5.91 Å². The SMILES string of the molecule is COc1n[nH]c(C(=O)Nc2ccc(NC(C)=O)cc2)c1[N+](=O)[O-]. The molecule has 2 aromatic rings. The first-order chi connectivity index (χ1) is 10.9. The number of nitrogens with zero attached hydrogens (tertiary/aromatic N) is 2. The Balaban J connectivity index is 2.18. The van der Waals surface area contributed by atoms with Crippen molar-refractivity contribution in [3.63, 3.8) is 0 Å². The lowest BCUT2D eigenvalue weighted by molar-refractivity contribution is -0.386. The van der Waals surface area contributed by atoms with Crippen LogP contribution in [0.1, 0.15) is 17.4 Å². The lowest BCUT2D eigenvalue weighted by atomic mass is 10.2. The summed E-state index contributed by atoms with van der Waals surface area (Å²) in [5.41, 5.74) is 0.0920. The van der Waals surface area contributed by atoms with Crippen LogP contribution in [-0.4, -0.2) is 34.0 Å². The molecule has 3 N–H and O–H groups in total. The highest BCUT2D eigenvalue weighted by atomic mass is 16.6. The highest BCUT2D eigenvalue weighted by Gasteiger charge is 2.30. The molecule has 0 saturated carbocycles. The second-order valence-corrected chi connectivity index (χ2v) is 4.43. The molecule has 0 radical (unpaired) electrons. The summed E-state index contributed by atoms with van der Waals surface area (Å²) in [5.74, 6) is -1.23. The molecule has 0 bridgehead atoms. The molecular weight excluding hydrogens is 306 g/mol. The van der Waals surface area contributed by atoms with Gasteiger partial charge in [0.15, 0.2) is 0 Å². The summed E-state index contributed by atoms with van der Waals surface area (Å²) >= 11 is 0. The van der Waals surface area contributed by atoms with Crippen molar-refractivity contribution >= 4 is 28.9 Å². The van der Waals surface area contributed by atoms with Crippen molar-refractivity contribution in [2.75, 3.05) is 17.7 Å². The molecule has 0 aliphatic carbocycles. The van der Waals surface area contributed by atoms with Gasteiger partial charge in [-0.25, -0.2) is 0 Å². The Morgan fingerprint density at radius 3 is 2.26 bits per heavy atom. The maximum atomic E-state index is 12.1. The Hall–Kier alpha value is -3.43. The summed E-state index contributed by atoms with van der Waals surface area (Å²) in [6.45, 7) is 1.38. The number of aromatic nitrogens is 2. The van der Waals surface area contributed by atoms with Crippen LogP contribution in [0.25, 0.3) is 0 Å². The van der Waals surface area contributed by atoms with Crippen molar-refractivity contribution in [3.8, 4) is 5.88 Å². The van der Waals surface area contributed by atoms with Gasteiger partial charge in [-0.15, -0.1) is 5.10 Å². The van der Waals surface area contributed by atoms with Crippen molar-refractivity contribution in [2.24, 2.45) is 0 Å². The van der Waals surface area contributed by atoms with Crippen LogP contribution >= 0.6 is 0 Å². The average Bonchev–Trinajstić information content (AvgIpc) is 2.93. The highest BCUT2D eigenvalue weighted by molar-refractivity contribution is 6.06. The van der Waals surface area contributed by atoms with Crippen molar-refractivity contribution in [1.82, 2.24) is 10.2 Å². The van der Waals surface area contributed by atoms with Gasteiger partial charge in [0.05, 0.1) is 12.0 Å². The number of carbonyl (C=O) groups is 2. The first-order valence-corrected chi connectivity index (χ1v) is 6.38. The normalized spacial score (nSPS) is 10.0. The standard InChI is InChI=1S/C13H13N5O5/c1-7(19)14-8-3-5-9(6-4-8)15-12(20)10-11(18(21)22)13(23-2)17-16-10/h3-6H,1-2H3,(H,14,19)(H,15,20)(H,16,17). The van der Waals surface area contributed by atoms with E-state index in [1.165, 1.54) is 14.0 Å². The van der Waals surface area contributed by atoms with E-state index in [0.29, 0.717) is 11.4 Å². The minimum Gasteiger partial charge on any atom is -0.475 e. The predicted octanol–water partition coefficient (Wildman–Crippen LogP) is 1.54. The zero-order chi connectivity index (χ0) is 17.0. The van der Waals surface area contributed by atoms with E-state index in [0.717, 1.165) is 0 Å². The number of aromatic amines is 1. The third-order valence-electron chi connectivity index (χ3n) is 2.77. The third-order valence-corrected chi connectivity index (χ3v) is 2.77. The number of benzene rings is 1. The summed E-state index contributed by atoms with van der Waals surface area (Å²) in [7, 11) is 1.21. The Morgan fingerprint density at radius 2 is 1.78 bits per heavy atom. The number of carbonyl (C=O) groups excluding carboxylic acids is 2. The number of ether oxygens (including phenoxy) is 1. The van der Waals surface area contributed by atoms with Gasteiger partial charge in [-0.2, -0.15) is 0 Å². The van der Waals surface area contributed by atoms with Crippen molar-refractivity contribution in [2.45, 2.75) is 6.92 Å². The van der Waals surface area contributed by atoms with Gasteiger partial charge < -0.3 is 15.4 Å². The zero-order valence-electron chi connectivity index (χ0n) is 12.2. The minimum absolute atomic E-state index is 0.220. The average molecular weight is 319 g/mol. The van der Waals surface area contributed by atoms with Crippen LogP contribution < -0.4 is 15.4 Å².